The molecule has 4 nitrogen and oxygen atoms in total. The van der Waals surface area contributed by atoms with E-state index in [0.29, 0.717) is 27.7 Å². The fraction of sp³-hybridized carbons (Fsp3) is 0.0541. The third kappa shape index (κ3) is 5.68. The number of rotatable bonds is 7. The summed E-state index contributed by atoms with van der Waals surface area (Å²) in [5.74, 6) is -0.816. The molecule has 4 heteroatoms. The number of aromatic nitrogens is 1. The highest BCUT2D eigenvalue weighted by molar-refractivity contribution is 6.06. The number of fused-ring (bicyclic) bond motifs is 1. The minimum Gasteiger partial charge on any atom is -0.454 e. The van der Waals surface area contributed by atoms with Gasteiger partial charge in [-0.3, -0.25) is 4.79 Å². The van der Waals surface area contributed by atoms with E-state index in [-0.39, 0.29) is 12.4 Å². The Labute approximate surface area is 238 Å². The second-order valence-corrected chi connectivity index (χ2v) is 9.96. The Kier molecular flexibility index (Phi) is 7.21. The van der Waals surface area contributed by atoms with Crippen molar-refractivity contribution in [3.63, 3.8) is 0 Å². The maximum Gasteiger partial charge on any atom is 0.339 e. The zero-order valence-electron chi connectivity index (χ0n) is 22.6. The van der Waals surface area contributed by atoms with Crippen molar-refractivity contribution in [3.05, 3.63) is 150 Å². The van der Waals surface area contributed by atoms with Crippen LogP contribution in [0, 0.1) is 6.92 Å². The summed E-state index contributed by atoms with van der Waals surface area (Å²) >= 11 is 0. The van der Waals surface area contributed by atoms with E-state index in [2.05, 4.69) is 12.1 Å². The monoisotopic (exact) mass is 533 g/mol. The Morgan fingerprint density at radius 3 is 1.76 bits per heavy atom. The molecule has 0 aliphatic carbocycles. The molecule has 1 heterocycles. The van der Waals surface area contributed by atoms with Crippen LogP contribution in [0.5, 0.6) is 0 Å². The van der Waals surface area contributed by atoms with Crippen LogP contribution in [0.3, 0.4) is 0 Å². The number of esters is 1. The maximum atomic E-state index is 13.4. The van der Waals surface area contributed by atoms with Crippen LogP contribution in [0.25, 0.3) is 44.4 Å². The van der Waals surface area contributed by atoms with Gasteiger partial charge in [0, 0.05) is 16.5 Å². The molecule has 0 spiro atoms. The van der Waals surface area contributed by atoms with Crippen molar-refractivity contribution >= 4 is 22.7 Å². The van der Waals surface area contributed by atoms with Crippen molar-refractivity contribution < 1.29 is 14.3 Å². The second kappa shape index (κ2) is 11.4. The molecule has 0 atom stereocenters. The van der Waals surface area contributed by atoms with Crippen molar-refractivity contribution in [2.75, 3.05) is 6.61 Å². The Hall–Kier alpha value is -5.35. The first-order chi connectivity index (χ1) is 20.0. The van der Waals surface area contributed by atoms with Crippen LogP contribution in [0.2, 0.25) is 0 Å². The van der Waals surface area contributed by atoms with Crippen LogP contribution in [-0.2, 0) is 4.74 Å². The molecule has 41 heavy (non-hydrogen) atoms. The number of hydrogen-bond donors (Lipinski definition) is 0. The van der Waals surface area contributed by atoms with Gasteiger partial charge in [-0.2, -0.15) is 0 Å². The second-order valence-electron chi connectivity index (χ2n) is 9.96. The van der Waals surface area contributed by atoms with Crippen LogP contribution >= 0.6 is 0 Å². The highest BCUT2D eigenvalue weighted by Gasteiger charge is 2.18. The van der Waals surface area contributed by atoms with Gasteiger partial charge in [-0.1, -0.05) is 121 Å². The first-order valence-electron chi connectivity index (χ1n) is 13.5. The minimum absolute atomic E-state index is 0.260. The number of aryl methyl sites for hydroxylation is 1. The predicted molar refractivity (Wildman–Crippen MR) is 164 cm³/mol. The molecule has 0 aliphatic heterocycles. The first kappa shape index (κ1) is 25.9. The molecule has 6 aromatic rings. The Morgan fingerprint density at radius 1 is 0.610 bits per heavy atom. The molecule has 0 N–H and O–H groups in total. The van der Waals surface area contributed by atoms with Crippen molar-refractivity contribution in [2.45, 2.75) is 6.92 Å². The molecule has 0 radical (unpaired) electrons. The van der Waals surface area contributed by atoms with Gasteiger partial charge in [0.2, 0.25) is 0 Å². The molecule has 1 aromatic heterocycles. The van der Waals surface area contributed by atoms with Crippen LogP contribution in [0.1, 0.15) is 26.3 Å². The number of ketones is 1. The van der Waals surface area contributed by atoms with Gasteiger partial charge in [-0.05, 0) is 47.4 Å². The fourth-order valence-electron chi connectivity index (χ4n) is 4.89. The molecule has 0 saturated heterocycles. The quantitative estimate of drug-likeness (QED) is 0.152. The fourth-order valence-corrected chi connectivity index (χ4v) is 4.89. The van der Waals surface area contributed by atoms with E-state index in [1.165, 1.54) is 0 Å². The lowest BCUT2D eigenvalue weighted by atomic mass is 10.00. The molecule has 0 saturated carbocycles. The summed E-state index contributed by atoms with van der Waals surface area (Å²) in [5.41, 5.74) is 8.43. The van der Waals surface area contributed by atoms with Crippen LogP contribution < -0.4 is 0 Å². The number of carbonyl (C=O) groups excluding carboxylic acids is 2. The molecule has 0 amide bonds. The number of nitrogens with zero attached hydrogens (tertiary/aromatic N) is 1. The van der Waals surface area contributed by atoms with Gasteiger partial charge < -0.3 is 4.74 Å². The zero-order chi connectivity index (χ0) is 28.2. The topological polar surface area (TPSA) is 56.3 Å². The largest absolute Gasteiger partial charge is 0.454 e. The van der Waals surface area contributed by atoms with Crippen LogP contribution in [0.15, 0.2) is 133 Å². The summed E-state index contributed by atoms with van der Waals surface area (Å²) in [6.07, 6.45) is 0. The lowest BCUT2D eigenvalue weighted by Gasteiger charge is -2.11. The lowest BCUT2D eigenvalue weighted by molar-refractivity contribution is 0.0476. The van der Waals surface area contributed by atoms with Gasteiger partial charge in [-0.25, -0.2) is 9.78 Å². The third-order valence-electron chi connectivity index (χ3n) is 7.12. The first-order valence-corrected chi connectivity index (χ1v) is 13.5. The molecule has 0 unspecified atom stereocenters. The van der Waals surface area contributed by atoms with Gasteiger partial charge in [-0.15, -0.1) is 0 Å². The van der Waals surface area contributed by atoms with E-state index >= 15 is 0 Å². The van der Waals surface area contributed by atoms with E-state index in [9.17, 15) is 9.59 Å². The standard InChI is InChI=1S/C37H27NO3/c1-25-12-21-34-32(22-25)33(23-35(38-34)30-17-13-28(14-18-30)26-8-4-2-5-9-26)37(40)41-24-36(39)31-19-15-29(16-20-31)27-10-6-3-7-11-27/h2-23H,24H2,1H3. The number of ether oxygens (including phenoxy) is 1. The molecule has 198 valence electrons. The SMILES string of the molecule is Cc1ccc2nc(-c3ccc(-c4ccccc4)cc3)cc(C(=O)OCC(=O)c3ccc(-c4ccccc4)cc3)c2c1. The van der Waals surface area contributed by atoms with Gasteiger partial charge in [0.1, 0.15) is 0 Å². The minimum atomic E-state index is -0.556. The summed E-state index contributed by atoms with van der Waals surface area (Å²) in [6.45, 7) is 1.62. The van der Waals surface area contributed by atoms with E-state index < -0.39 is 5.97 Å². The molecular formula is C37H27NO3. The van der Waals surface area contributed by atoms with Gasteiger partial charge in [0.05, 0.1) is 16.8 Å². The van der Waals surface area contributed by atoms with Gasteiger partial charge in [0.15, 0.2) is 12.4 Å². The molecule has 6 rings (SSSR count). The molecular weight excluding hydrogens is 506 g/mol. The van der Waals surface area contributed by atoms with E-state index in [0.717, 1.165) is 33.4 Å². The van der Waals surface area contributed by atoms with Gasteiger partial charge in [0.25, 0.3) is 0 Å². The average Bonchev–Trinajstić information content (AvgIpc) is 3.04. The molecule has 0 bridgehead atoms. The van der Waals surface area contributed by atoms with Crippen molar-refractivity contribution in [2.24, 2.45) is 0 Å². The summed E-state index contributed by atoms with van der Waals surface area (Å²) < 4.78 is 5.56. The average molecular weight is 534 g/mol. The lowest BCUT2D eigenvalue weighted by Crippen LogP contribution is -2.15. The Bertz CT molecular complexity index is 1840. The van der Waals surface area contributed by atoms with E-state index in [1.54, 1.807) is 18.2 Å². The Balaban J connectivity index is 1.24. The number of carbonyl (C=O) groups is 2. The smallest absolute Gasteiger partial charge is 0.339 e. The van der Waals surface area contributed by atoms with Crippen LogP contribution in [-0.4, -0.2) is 23.3 Å². The van der Waals surface area contributed by atoms with Crippen molar-refractivity contribution in [3.8, 4) is 33.5 Å². The summed E-state index contributed by atoms with van der Waals surface area (Å²) in [4.78, 5) is 31.1. The summed E-state index contributed by atoms with van der Waals surface area (Å²) in [5, 5.41) is 0.694. The van der Waals surface area contributed by atoms with Crippen LogP contribution in [0.4, 0.5) is 0 Å². The summed E-state index contributed by atoms with van der Waals surface area (Å²) in [7, 11) is 0. The maximum absolute atomic E-state index is 13.4. The van der Waals surface area contributed by atoms with E-state index in [1.807, 2.05) is 110 Å². The Morgan fingerprint density at radius 2 is 1.15 bits per heavy atom. The third-order valence-corrected chi connectivity index (χ3v) is 7.12. The number of hydrogen-bond acceptors (Lipinski definition) is 4. The number of pyridine rings is 1. The highest BCUT2D eigenvalue weighted by atomic mass is 16.5. The molecule has 5 aromatic carbocycles. The predicted octanol–water partition coefficient (Wildman–Crippen LogP) is 8.58. The normalized spacial score (nSPS) is 10.9. The number of Topliss-reactive ketones (excluding diaryl/α,β-unsaturated/α-hetero) is 1. The van der Waals surface area contributed by atoms with Crippen molar-refractivity contribution in [1.29, 1.82) is 0 Å². The van der Waals surface area contributed by atoms with E-state index in [4.69, 9.17) is 9.72 Å². The highest BCUT2D eigenvalue weighted by Crippen LogP contribution is 2.29. The number of benzene rings is 5. The zero-order valence-corrected chi connectivity index (χ0v) is 22.6. The van der Waals surface area contributed by atoms with Gasteiger partial charge >= 0.3 is 5.97 Å². The molecule has 0 aliphatic rings. The van der Waals surface area contributed by atoms with Crippen molar-refractivity contribution in [1.82, 2.24) is 4.98 Å². The summed E-state index contributed by atoms with van der Waals surface area (Å²) in [6, 6.07) is 43.1. The molecule has 0 fully saturated rings.